The van der Waals surface area contributed by atoms with Crippen molar-refractivity contribution in [1.82, 2.24) is 4.98 Å². The minimum atomic E-state index is -0.792. The van der Waals surface area contributed by atoms with Gasteiger partial charge in [0.05, 0.1) is 28.8 Å². The predicted molar refractivity (Wildman–Crippen MR) is 111 cm³/mol. The minimum Gasteiger partial charge on any atom is -0.394 e. The van der Waals surface area contributed by atoms with E-state index in [1.807, 2.05) is 42.5 Å². The molecule has 134 valence electrons. The van der Waals surface area contributed by atoms with Crippen LogP contribution < -0.4 is 5.32 Å². The average molecular weight is 387 g/mol. The van der Waals surface area contributed by atoms with E-state index < -0.39 is 6.10 Å². The first kappa shape index (κ1) is 18.6. The van der Waals surface area contributed by atoms with Crippen molar-refractivity contribution < 1.29 is 10.2 Å². The average Bonchev–Trinajstić information content (AvgIpc) is 3.09. The number of para-hydroxylation sites is 1. The van der Waals surface area contributed by atoms with E-state index in [1.54, 1.807) is 11.3 Å². The number of aromatic nitrogens is 1. The summed E-state index contributed by atoms with van der Waals surface area (Å²) in [5, 5.41) is 24.1. The molecule has 1 unspecified atom stereocenters. The van der Waals surface area contributed by atoms with Gasteiger partial charge in [-0.15, -0.1) is 23.7 Å². The Morgan fingerprint density at radius 3 is 2.62 bits per heavy atom. The molecule has 4 rings (SSSR count). The molecule has 0 bridgehead atoms. The van der Waals surface area contributed by atoms with Gasteiger partial charge in [0.25, 0.3) is 0 Å². The standard InChI is InChI=1S/C20H18N2O2S.ClH/c23-12-14(24)11-21-17-10-18(22-16-7-3-2-6-15(16)17)20-9-13-5-1-4-8-19(13)25-20;/h1-10,14,23-24H,11-12H2,(H,21,22);1H. The number of fused-ring (bicyclic) bond motifs is 2. The third-order valence-corrected chi connectivity index (χ3v) is 5.27. The fraction of sp³-hybridized carbons (Fsp3) is 0.150. The number of aliphatic hydroxyl groups excluding tert-OH is 2. The number of aliphatic hydroxyl groups is 2. The van der Waals surface area contributed by atoms with Crippen LogP contribution in [-0.4, -0.2) is 34.5 Å². The summed E-state index contributed by atoms with van der Waals surface area (Å²) >= 11 is 1.72. The molecule has 2 heterocycles. The number of anilines is 1. The molecule has 0 saturated carbocycles. The fourth-order valence-corrected chi connectivity index (χ4v) is 3.87. The molecule has 4 aromatic rings. The van der Waals surface area contributed by atoms with E-state index in [0.29, 0.717) is 0 Å². The highest BCUT2D eigenvalue weighted by Gasteiger charge is 2.11. The number of nitrogens with zero attached hydrogens (tertiary/aromatic N) is 1. The van der Waals surface area contributed by atoms with E-state index in [1.165, 1.54) is 10.1 Å². The van der Waals surface area contributed by atoms with E-state index in [2.05, 4.69) is 23.5 Å². The van der Waals surface area contributed by atoms with Crippen molar-refractivity contribution in [3.63, 3.8) is 0 Å². The molecule has 0 amide bonds. The van der Waals surface area contributed by atoms with Crippen LogP contribution in [-0.2, 0) is 0 Å². The zero-order chi connectivity index (χ0) is 17.2. The van der Waals surface area contributed by atoms with Gasteiger partial charge in [0.15, 0.2) is 0 Å². The highest BCUT2D eigenvalue weighted by atomic mass is 35.5. The van der Waals surface area contributed by atoms with Crippen LogP contribution in [0.5, 0.6) is 0 Å². The van der Waals surface area contributed by atoms with Crippen LogP contribution in [0.4, 0.5) is 5.69 Å². The molecule has 2 aromatic carbocycles. The second-order valence-electron chi connectivity index (χ2n) is 5.94. The fourth-order valence-electron chi connectivity index (χ4n) is 2.85. The summed E-state index contributed by atoms with van der Waals surface area (Å²) in [6.07, 6.45) is -0.792. The number of thiophene rings is 1. The van der Waals surface area contributed by atoms with Gasteiger partial charge in [0, 0.05) is 22.3 Å². The Balaban J connectivity index is 0.00000196. The van der Waals surface area contributed by atoms with E-state index >= 15 is 0 Å². The third-order valence-electron chi connectivity index (χ3n) is 4.13. The summed E-state index contributed by atoms with van der Waals surface area (Å²) in [5.74, 6) is 0. The quantitative estimate of drug-likeness (QED) is 0.478. The van der Waals surface area contributed by atoms with Crippen LogP contribution in [0.3, 0.4) is 0 Å². The van der Waals surface area contributed by atoms with Crippen molar-refractivity contribution in [3.05, 3.63) is 60.7 Å². The lowest BCUT2D eigenvalue weighted by molar-refractivity contribution is 0.105. The monoisotopic (exact) mass is 386 g/mol. The molecule has 0 aliphatic carbocycles. The van der Waals surface area contributed by atoms with Crippen LogP contribution in [0.2, 0.25) is 0 Å². The topological polar surface area (TPSA) is 65.4 Å². The zero-order valence-corrected chi connectivity index (χ0v) is 15.6. The van der Waals surface area contributed by atoms with E-state index in [0.717, 1.165) is 27.2 Å². The molecule has 6 heteroatoms. The Morgan fingerprint density at radius 1 is 1.04 bits per heavy atom. The van der Waals surface area contributed by atoms with Crippen molar-refractivity contribution in [2.24, 2.45) is 0 Å². The highest BCUT2D eigenvalue weighted by molar-refractivity contribution is 7.22. The van der Waals surface area contributed by atoms with Gasteiger partial charge < -0.3 is 15.5 Å². The van der Waals surface area contributed by atoms with Crippen LogP contribution in [0, 0.1) is 0 Å². The number of pyridine rings is 1. The maximum atomic E-state index is 9.65. The second kappa shape index (κ2) is 8.01. The molecule has 1 atom stereocenters. The number of halogens is 1. The molecule has 0 saturated heterocycles. The van der Waals surface area contributed by atoms with Crippen molar-refractivity contribution in [2.45, 2.75) is 6.10 Å². The van der Waals surface area contributed by atoms with Gasteiger partial charge in [-0.1, -0.05) is 36.4 Å². The van der Waals surface area contributed by atoms with Gasteiger partial charge in [0.1, 0.15) is 0 Å². The van der Waals surface area contributed by atoms with Gasteiger partial charge in [0.2, 0.25) is 0 Å². The van der Waals surface area contributed by atoms with Crippen LogP contribution in [0.25, 0.3) is 31.6 Å². The van der Waals surface area contributed by atoms with Crippen molar-refractivity contribution in [1.29, 1.82) is 0 Å². The smallest absolute Gasteiger partial charge is 0.0942 e. The normalized spacial score (nSPS) is 12.1. The first-order chi connectivity index (χ1) is 12.2. The number of rotatable bonds is 5. The molecule has 0 aliphatic heterocycles. The van der Waals surface area contributed by atoms with E-state index in [-0.39, 0.29) is 25.6 Å². The van der Waals surface area contributed by atoms with E-state index in [9.17, 15) is 5.11 Å². The second-order valence-corrected chi connectivity index (χ2v) is 7.02. The number of hydrogen-bond donors (Lipinski definition) is 3. The van der Waals surface area contributed by atoms with Crippen LogP contribution >= 0.6 is 23.7 Å². The summed E-state index contributed by atoms with van der Waals surface area (Å²) in [5.41, 5.74) is 2.71. The summed E-state index contributed by atoms with van der Waals surface area (Å²) in [4.78, 5) is 5.92. The Morgan fingerprint density at radius 2 is 1.81 bits per heavy atom. The highest BCUT2D eigenvalue weighted by Crippen LogP contribution is 2.35. The first-order valence-corrected chi connectivity index (χ1v) is 8.98. The van der Waals surface area contributed by atoms with Gasteiger partial charge in [-0.2, -0.15) is 0 Å². The minimum absolute atomic E-state index is 0. The van der Waals surface area contributed by atoms with Crippen molar-refractivity contribution in [3.8, 4) is 10.6 Å². The lowest BCUT2D eigenvalue weighted by Crippen LogP contribution is -2.23. The van der Waals surface area contributed by atoms with Crippen LogP contribution in [0.15, 0.2) is 60.7 Å². The molecule has 0 radical (unpaired) electrons. The molecule has 0 spiro atoms. The zero-order valence-electron chi connectivity index (χ0n) is 13.9. The maximum absolute atomic E-state index is 9.65. The van der Waals surface area contributed by atoms with Gasteiger partial charge in [-0.25, -0.2) is 4.98 Å². The number of hydrogen-bond acceptors (Lipinski definition) is 5. The summed E-state index contributed by atoms with van der Waals surface area (Å²) in [6, 6.07) is 20.4. The number of benzene rings is 2. The molecule has 3 N–H and O–H groups in total. The molecule has 2 aromatic heterocycles. The Bertz CT molecular complexity index is 1000. The predicted octanol–water partition coefficient (Wildman–Crippen LogP) is 4.30. The van der Waals surface area contributed by atoms with Gasteiger partial charge in [-0.05, 0) is 29.7 Å². The van der Waals surface area contributed by atoms with E-state index in [4.69, 9.17) is 10.1 Å². The van der Waals surface area contributed by atoms with Crippen molar-refractivity contribution in [2.75, 3.05) is 18.5 Å². The summed E-state index contributed by atoms with van der Waals surface area (Å²) in [7, 11) is 0. The Kier molecular flexibility index (Phi) is 5.74. The largest absolute Gasteiger partial charge is 0.394 e. The Labute approximate surface area is 161 Å². The molecule has 4 nitrogen and oxygen atoms in total. The molecule has 0 aliphatic rings. The third kappa shape index (κ3) is 3.66. The SMILES string of the molecule is Cl.OCC(O)CNc1cc(-c2cc3ccccc3s2)nc2ccccc12. The lowest BCUT2D eigenvalue weighted by atomic mass is 10.1. The van der Waals surface area contributed by atoms with Gasteiger partial charge >= 0.3 is 0 Å². The van der Waals surface area contributed by atoms with Crippen LogP contribution in [0.1, 0.15) is 0 Å². The summed E-state index contributed by atoms with van der Waals surface area (Å²) < 4.78 is 1.23. The van der Waals surface area contributed by atoms with Crippen molar-refractivity contribution >= 4 is 50.4 Å². The molecule has 26 heavy (non-hydrogen) atoms. The lowest BCUT2D eigenvalue weighted by Gasteiger charge is -2.13. The molecular weight excluding hydrogens is 368 g/mol. The Hall–Kier alpha value is -2.18. The first-order valence-electron chi connectivity index (χ1n) is 8.16. The number of nitrogens with one attached hydrogen (secondary N) is 1. The maximum Gasteiger partial charge on any atom is 0.0942 e. The molecule has 0 fully saturated rings. The molecular formula is C20H19ClN2O2S. The van der Waals surface area contributed by atoms with Gasteiger partial charge in [-0.3, -0.25) is 0 Å². The summed E-state index contributed by atoms with van der Waals surface area (Å²) in [6.45, 7) is 0.0234.